The van der Waals surface area contributed by atoms with Gasteiger partial charge in [-0.15, -0.1) is 0 Å². The van der Waals surface area contributed by atoms with Crippen molar-refractivity contribution >= 4 is 0 Å². The molecule has 0 N–H and O–H groups in total. The van der Waals surface area contributed by atoms with Gasteiger partial charge < -0.3 is 9.47 Å². The first-order chi connectivity index (χ1) is 16.5. The van der Waals surface area contributed by atoms with Gasteiger partial charge in [0.15, 0.2) is 11.6 Å². The molecule has 11 heteroatoms. The average molecular weight is 488 g/mol. The fourth-order valence-electron chi connectivity index (χ4n) is 3.39. The van der Waals surface area contributed by atoms with Crippen molar-refractivity contribution in [3.63, 3.8) is 0 Å². The number of hydrogen-bond acceptors (Lipinski definition) is 5. The van der Waals surface area contributed by atoms with Crippen molar-refractivity contribution in [2.24, 2.45) is 14.1 Å². The zero-order valence-corrected chi connectivity index (χ0v) is 18.9. The zero-order chi connectivity index (χ0) is 25.3. The van der Waals surface area contributed by atoms with Crippen LogP contribution in [0.15, 0.2) is 59.7 Å². The topological polar surface area (TPSA) is 71.2 Å². The van der Waals surface area contributed by atoms with Gasteiger partial charge in [-0.2, -0.15) is 23.3 Å². The number of aromatic nitrogens is 4. The molecule has 7 nitrogen and oxygen atoms in total. The molecule has 0 radical (unpaired) electrons. The normalized spacial score (nSPS) is 11.5. The lowest BCUT2D eigenvalue weighted by Crippen LogP contribution is -2.22. The lowest BCUT2D eigenvalue weighted by atomic mass is 10.1. The van der Waals surface area contributed by atoms with E-state index >= 15 is 0 Å². The number of aryl methyl sites for hydroxylation is 2. The number of ether oxygens (including phenoxy) is 2. The number of hydrogen-bond donors (Lipinski definition) is 0. The average Bonchev–Trinajstić information content (AvgIpc) is 3.22. The van der Waals surface area contributed by atoms with Gasteiger partial charge in [0.25, 0.3) is 0 Å². The van der Waals surface area contributed by atoms with Crippen molar-refractivity contribution in [2.75, 3.05) is 0 Å². The molecule has 0 bridgehead atoms. The van der Waals surface area contributed by atoms with Crippen molar-refractivity contribution in [2.45, 2.75) is 19.7 Å². The maximum atomic E-state index is 14.6. The molecule has 0 aliphatic rings. The molecule has 4 rings (SSSR count). The first-order valence-electron chi connectivity index (χ1n) is 10.4. The van der Waals surface area contributed by atoms with Gasteiger partial charge in [-0.3, -0.25) is 9.25 Å². The predicted molar refractivity (Wildman–Crippen MR) is 119 cm³/mol. The number of rotatable bonds is 6. The molecule has 182 valence electrons. The number of alkyl halides is 3. The Labute approximate surface area is 197 Å². The van der Waals surface area contributed by atoms with Crippen molar-refractivity contribution < 1.29 is 27.0 Å². The fourth-order valence-corrected chi connectivity index (χ4v) is 3.39. The van der Waals surface area contributed by atoms with E-state index in [0.29, 0.717) is 16.8 Å². The number of halogens is 4. The summed E-state index contributed by atoms with van der Waals surface area (Å²) in [6.45, 7) is 1.23. The molecule has 35 heavy (non-hydrogen) atoms. The van der Waals surface area contributed by atoms with Gasteiger partial charge in [0, 0.05) is 31.9 Å². The van der Waals surface area contributed by atoms with Crippen molar-refractivity contribution in [1.82, 2.24) is 19.3 Å². The summed E-state index contributed by atoms with van der Waals surface area (Å²) in [4.78, 5) is 16.1. The lowest BCUT2D eigenvalue weighted by Gasteiger charge is -2.13. The van der Waals surface area contributed by atoms with Gasteiger partial charge in [-0.1, -0.05) is 12.1 Å². The van der Waals surface area contributed by atoms with Gasteiger partial charge in [0.05, 0.1) is 17.5 Å². The smallest absolute Gasteiger partial charge is 0.416 e. The molecule has 0 amide bonds. The number of benzene rings is 2. The van der Waals surface area contributed by atoms with E-state index in [1.54, 1.807) is 37.2 Å². The fraction of sp³-hybridized carbons (Fsp3) is 0.208. The predicted octanol–water partition coefficient (Wildman–Crippen LogP) is 5.02. The summed E-state index contributed by atoms with van der Waals surface area (Å²) in [7, 11) is 3.32. The molecule has 0 aliphatic heterocycles. The molecule has 2 heterocycles. The summed E-state index contributed by atoms with van der Waals surface area (Å²) < 4.78 is 67.8. The van der Waals surface area contributed by atoms with Crippen molar-refractivity contribution in [3.8, 4) is 28.6 Å². The van der Waals surface area contributed by atoms with E-state index in [1.165, 1.54) is 35.8 Å². The zero-order valence-electron chi connectivity index (χ0n) is 18.9. The Morgan fingerprint density at radius 2 is 1.83 bits per heavy atom. The third-order valence-corrected chi connectivity index (χ3v) is 5.24. The Morgan fingerprint density at radius 3 is 2.49 bits per heavy atom. The van der Waals surface area contributed by atoms with E-state index in [2.05, 4.69) is 10.1 Å². The van der Waals surface area contributed by atoms with Crippen LogP contribution in [0.2, 0.25) is 0 Å². The molecule has 0 unspecified atom stereocenters. The first kappa shape index (κ1) is 24.0. The highest BCUT2D eigenvalue weighted by Gasteiger charge is 2.32. The molecule has 0 saturated heterocycles. The Hall–Kier alpha value is -4.15. The standard InChI is InChI=1S/C24H20F4N4O3/c1-14-4-6-17(9-18(14)24(26,27)28)35-21-7-5-15(8-19(21)25)13-34-22-10-20(32(3)23(33)30-22)16-11-29-31(2)12-16/h4-12H,13H2,1-3H3. The molecular formula is C24H20F4N4O3. The molecule has 4 aromatic rings. The molecule has 0 saturated carbocycles. The van der Waals surface area contributed by atoms with Crippen LogP contribution >= 0.6 is 0 Å². The van der Waals surface area contributed by atoms with Crippen LogP contribution in [0.5, 0.6) is 17.4 Å². The molecule has 0 spiro atoms. The summed E-state index contributed by atoms with van der Waals surface area (Å²) in [5.41, 5.74) is 0.283. The van der Waals surface area contributed by atoms with E-state index in [1.807, 2.05) is 0 Å². The minimum Gasteiger partial charge on any atom is -0.473 e. The van der Waals surface area contributed by atoms with Crippen LogP contribution in [-0.4, -0.2) is 19.3 Å². The Bertz CT molecular complexity index is 1440. The molecule has 0 fully saturated rings. The summed E-state index contributed by atoms with van der Waals surface area (Å²) in [5, 5.41) is 4.09. The van der Waals surface area contributed by atoms with Crippen LogP contribution in [-0.2, 0) is 26.9 Å². The van der Waals surface area contributed by atoms with E-state index < -0.39 is 23.2 Å². The SMILES string of the molecule is Cc1ccc(Oc2ccc(COc3cc(-c4cnn(C)c4)n(C)c(=O)n3)cc2F)cc1C(F)(F)F. The van der Waals surface area contributed by atoms with Crippen LogP contribution in [0.4, 0.5) is 17.6 Å². The van der Waals surface area contributed by atoms with Crippen molar-refractivity contribution in [3.05, 3.63) is 87.9 Å². The Morgan fingerprint density at radius 1 is 1.06 bits per heavy atom. The summed E-state index contributed by atoms with van der Waals surface area (Å²) in [6, 6.07) is 8.92. The van der Waals surface area contributed by atoms with Crippen molar-refractivity contribution in [1.29, 1.82) is 0 Å². The third kappa shape index (κ3) is 5.34. The lowest BCUT2D eigenvalue weighted by molar-refractivity contribution is -0.138. The highest BCUT2D eigenvalue weighted by molar-refractivity contribution is 5.58. The second-order valence-electron chi connectivity index (χ2n) is 7.85. The largest absolute Gasteiger partial charge is 0.473 e. The monoisotopic (exact) mass is 488 g/mol. The quantitative estimate of drug-likeness (QED) is 0.357. The molecule has 2 aromatic heterocycles. The van der Waals surface area contributed by atoms with Gasteiger partial charge in [-0.25, -0.2) is 9.18 Å². The van der Waals surface area contributed by atoms with Crippen LogP contribution in [0.25, 0.3) is 11.3 Å². The van der Waals surface area contributed by atoms with Gasteiger partial charge in [0.2, 0.25) is 5.88 Å². The highest BCUT2D eigenvalue weighted by atomic mass is 19.4. The summed E-state index contributed by atoms with van der Waals surface area (Å²) in [6.07, 6.45) is -1.22. The van der Waals surface area contributed by atoms with E-state index in [9.17, 15) is 22.4 Å². The van der Waals surface area contributed by atoms with Crippen LogP contribution < -0.4 is 15.2 Å². The van der Waals surface area contributed by atoms with Crippen LogP contribution in [0.1, 0.15) is 16.7 Å². The second kappa shape index (κ2) is 9.24. The summed E-state index contributed by atoms with van der Waals surface area (Å²) in [5.74, 6) is -1.12. The van der Waals surface area contributed by atoms with E-state index in [-0.39, 0.29) is 29.5 Å². The van der Waals surface area contributed by atoms with Crippen LogP contribution in [0, 0.1) is 12.7 Å². The highest BCUT2D eigenvalue weighted by Crippen LogP contribution is 2.35. The van der Waals surface area contributed by atoms with Crippen LogP contribution in [0.3, 0.4) is 0 Å². The van der Waals surface area contributed by atoms with Gasteiger partial charge >= 0.3 is 11.9 Å². The Kier molecular flexibility index (Phi) is 6.33. The second-order valence-corrected chi connectivity index (χ2v) is 7.85. The third-order valence-electron chi connectivity index (χ3n) is 5.24. The van der Waals surface area contributed by atoms with E-state index in [0.717, 1.165) is 12.1 Å². The molecule has 2 aromatic carbocycles. The van der Waals surface area contributed by atoms with E-state index in [4.69, 9.17) is 9.47 Å². The molecule has 0 aliphatic carbocycles. The molecule has 0 atom stereocenters. The molecular weight excluding hydrogens is 468 g/mol. The first-order valence-corrected chi connectivity index (χ1v) is 10.4. The summed E-state index contributed by atoms with van der Waals surface area (Å²) >= 11 is 0. The maximum absolute atomic E-state index is 14.6. The van der Waals surface area contributed by atoms with Gasteiger partial charge in [0.1, 0.15) is 12.4 Å². The maximum Gasteiger partial charge on any atom is 0.416 e. The minimum absolute atomic E-state index is 0.0360. The van der Waals surface area contributed by atoms with Gasteiger partial charge in [-0.05, 0) is 42.3 Å². The number of nitrogens with zero attached hydrogens (tertiary/aromatic N) is 4. The Balaban J connectivity index is 1.50. The minimum atomic E-state index is -4.55.